The Hall–Kier alpha value is -2.57. The van der Waals surface area contributed by atoms with Crippen molar-refractivity contribution < 1.29 is 19.4 Å². The van der Waals surface area contributed by atoms with Gasteiger partial charge >= 0.3 is 0 Å². The van der Waals surface area contributed by atoms with Crippen LogP contribution in [0.2, 0.25) is 0 Å². The van der Waals surface area contributed by atoms with Crippen LogP contribution in [0.5, 0.6) is 11.5 Å². The molecule has 0 radical (unpaired) electrons. The molecule has 0 spiro atoms. The van der Waals surface area contributed by atoms with Crippen molar-refractivity contribution in [3.8, 4) is 11.5 Å². The number of nitrogens with zero attached hydrogens (tertiary/aromatic N) is 1. The summed E-state index contributed by atoms with van der Waals surface area (Å²) in [6.45, 7) is 4.26. The molecule has 2 heterocycles. The van der Waals surface area contributed by atoms with Gasteiger partial charge in [0, 0.05) is 6.07 Å². The Kier molecular flexibility index (Phi) is 4.53. The molecule has 2 aromatic carbocycles. The molecule has 0 aliphatic carbocycles. The summed E-state index contributed by atoms with van der Waals surface area (Å²) < 4.78 is 11.5. The van der Waals surface area contributed by atoms with E-state index in [2.05, 4.69) is 17.4 Å². The first kappa shape index (κ1) is 17.8. The van der Waals surface area contributed by atoms with E-state index in [0.29, 0.717) is 23.7 Å². The Bertz CT molecular complexity index is 851. The molecule has 6 nitrogen and oxygen atoms in total. The molecule has 0 saturated carbocycles. The van der Waals surface area contributed by atoms with Gasteiger partial charge in [0.15, 0.2) is 6.61 Å². The highest BCUT2D eigenvalue weighted by Crippen LogP contribution is 2.47. The average Bonchev–Trinajstić information content (AvgIpc) is 2.64. The number of aliphatic hydroxyl groups excluding tert-OH is 1. The zero-order valence-corrected chi connectivity index (χ0v) is 15.4. The van der Waals surface area contributed by atoms with Crippen LogP contribution in [0, 0.1) is 0 Å². The number of aliphatic hydroxyl groups is 1. The third kappa shape index (κ3) is 3.50. The molecule has 2 aromatic rings. The molecule has 142 valence electrons. The lowest BCUT2D eigenvalue weighted by Gasteiger charge is -2.48. The number of ether oxygens (including phenoxy) is 2. The van der Waals surface area contributed by atoms with E-state index in [1.165, 1.54) is 5.56 Å². The fourth-order valence-corrected chi connectivity index (χ4v) is 3.51. The number of anilines is 1. The Morgan fingerprint density at radius 2 is 2.00 bits per heavy atom. The fourth-order valence-electron chi connectivity index (χ4n) is 3.51. The number of hydrogen-bond donors (Lipinski definition) is 2. The van der Waals surface area contributed by atoms with Gasteiger partial charge < -0.3 is 25.2 Å². The highest BCUT2D eigenvalue weighted by molar-refractivity contribution is 5.95. The molecule has 0 aromatic heterocycles. The smallest absolute Gasteiger partial charge is 0.262 e. The van der Waals surface area contributed by atoms with E-state index in [0.717, 1.165) is 12.0 Å². The van der Waals surface area contributed by atoms with Crippen molar-refractivity contribution in [3.05, 3.63) is 58.9 Å². The monoisotopic (exact) mass is 367 g/mol. The molecule has 0 saturated heterocycles. The minimum Gasteiger partial charge on any atom is -0.653 e. The van der Waals surface area contributed by atoms with Crippen molar-refractivity contribution in [1.29, 1.82) is 0 Å². The Morgan fingerprint density at radius 1 is 1.22 bits per heavy atom. The van der Waals surface area contributed by atoms with Crippen molar-refractivity contribution in [2.24, 2.45) is 0 Å². The van der Waals surface area contributed by atoms with Gasteiger partial charge in [0.1, 0.15) is 17.1 Å². The second kappa shape index (κ2) is 6.87. The molecular weight excluding hydrogens is 344 g/mol. The third-order valence-electron chi connectivity index (χ3n) is 5.02. The average molecular weight is 367 g/mol. The van der Waals surface area contributed by atoms with E-state index in [4.69, 9.17) is 14.8 Å². The second-order valence-electron chi connectivity index (χ2n) is 7.46. The number of nitrogens with one attached hydrogen (secondary N) is 1. The lowest BCUT2D eigenvalue weighted by Crippen LogP contribution is -2.48. The van der Waals surface area contributed by atoms with E-state index in [-0.39, 0.29) is 12.5 Å². The highest BCUT2D eigenvalue weighted by atomic mass is 16.5. The van der Waals surface area contributed by atoms with E-state index < -0.39 is 17.7 Å². The van der Waals surface area contributed by atoms with Gasteiger partial charge in [0.2, 0.25) is 0 Å². The van der Waals surface area contributed by atoms with Crippen LogP contribution in [0.4, 0.5) is 5.69 Å². The SMILES string of the molecule is CC1(C)Oc2cc3c(cc2C([N-]CCc2ccccc2)[C@H]1O)OCC(=O)N3. The molecule has 6 heteroatoms. The maximum absolute atomic E-state index is 11.6. The number of carbonyl (C=O) groups excluding carboxylic acids is 1. The fraction of sp³-hybridized carbons (Fsp3) is 0.381. The Balaban J connectivity index is 1.60. The summed E-state index contributed by atoms with van der Waals surface area (Å²) in [6.07, 6.45) is 0.0232. The van der Waals surface area contributed by atoms with E-state index in [1.54, 1.807) is 6.07 Å². The Morgan fingerprint density at radius 3 is 2.78 bits per heavy atom. The van der Waals surface area contributed by atoms with Gasteiger partial charge in [0.05, 0.1) is 11.8 Å². The predicted molar refractivity (Wildman–Crippen MR) is 102 cm³/mol. The first-order valence-electron chi connectivity index (χ1n) is 9.12. The number of amides is 1. The number of hydrogen-bond acceptors (Lipinski definition) is 4. The largest absolute Gasteiger partial charge is 0.653 e. The van der Waals surface area contributed by atoms with Crippen molar-refractivity contribution in [3.63, 3.8) is 0 Å². The quantitative estimate of drug-likeness (QED) is 0.869. The molecule has 0 fully saturated rings. The zero-order chi connectivity index (χ0) is 19.0. The topological polar surface area (TPSA) is 81.9 Å². The summed E-state index contributed by atoms with van der Waals surface area (Å²) in [6, 6.07) is 13.3. The first-order valence-corrected chi connectivity index (χ1v) is 9.12. The van der Waals surface area contributed by atoms with Gasteiger partial charge in [-0.2, -0.15) is 0 Å². The van der Waals surface area contributed by atoms with E-state index in [1.807, 2.05) is 38.1 Å². The standard InChI is InChI=1S/C21H23N2O4/c1-21(2)20(25)19(22-9-8-13-6-4-3-5-7-13)14-10-17-15(11-16(14)27-21)23-18(24)12-26-17/h3-7,10-11,19-20,25H,8-9,12H2,1-2H3,(H,23,24)/q-1/t19?,20-/m1/s1. The van der Waals surface area contributed by atoms with Crippen molar-refractivity contribution >= 4 is 11.6 Å². The summed E-state index contributed by atoms with van der Waals surface area (Å²) in [4.78, 5) is 11.6. The Labute approximate surface area is 158 Å². The van der Waals surface area contributed by atoms with Crippen molar-refractivity contribution in [2.75, 3.05) is 18.5 Å². The van der Waals surface area contributed by atoms with Crippen molar-refractivity contribution in [2.45, 2.75) is 38.0 Å². The minimum atomic E-state index is -0.790. The molecule has 2 N–H and O–H groups in total. The predicted octanol–water partition coefficient (Wildman–Crippen LogP) is 3.21. The van der Waals surface area contributed by atoms with Crippen LogP contribution < -0.4 is 14.8 Å². The van der Waals surface area contributed by atoms with Gasteiger partial charge in [-0.15, -0.1) is 6.54 Å². The molecule has 4 rings (SSSR count). The summed E-state index contributed by atoms with van der Waals surface area (Å²) in [7, 11) is 0. The van der Waals surface area contributed by atoms with Crippen LogP contribution >= 0.6 is 0 Å². The van der Waals surface area contributed by atoms with Crippen LogP contribution in [0.1, 0.15) is 31.0 Å². The molecule has 0 bridgehead atoms. The van der Waals surface area contributed by atoms with Crippen LogP contribution in [-0.4, -0.2) is 35.9 Å². The van der Waals surface area contributed by atoms with E-state index >= 15 is 0 Å². The second-order valence-corrected chi connectivity index (χ2v) is 7.46. The van der Waals surface area contributed by atoms with Gasteiger partial charge in [-0.3, -0.25) is 4.79 Å². The number of carbonyl (C=O) groups is 1. The third-order valence-corrected chi connectivity index (χ3v) is 5.02. The molecule has 1 unspecified atom stereocenters. The lowest BCUT2D eigenvalue weighted by atomic mass is 9.86. The summed E-state index contributed by atoms with van der Waals surface area (Å²) in [5.74, 6) is 0.997. The molecule has 2 aliphatic heterocycles. The van der Waals surface area contributed by atoms with E-state index in [9.17, 15) is 9.90 Å². The van der Waals surface area contributed by atoms with Gasteiger partial charge in [-0.25, -0.2) is 0 Å². The molecule has 27 heavy (non-hydrogen) atoms. The molecule has 2 aliphatic rings. The van der Waals surface area contributed by atoms with Gasteiger partial charge in [-0.05, 0) is 37.5 Å². The van der Waals surface area contributed by atoms with Gasteiger partial charge in [-0.1, -0.05) is 36.4 Å². The van der Waals surface area contributed by atoms with Crippen LogP contribution in [-0.2, 0) is 11.2 Å². The number of fused-ring (bicyclic) bond motifs is 2. The molecular formula is C21H23N2O4-. The minimum absolute atomic E-state index is 0.0174. The van der Waals surface area contributed by atoms with Crippen LogP contribution in [0.15, 0.2) is 42.5 Å². The van der Waals surface area contributed by atoms with Crippen LogP contribution in [0.3, 0.4) is 0 Å². The van der Waals surface area contributed by atoms with Gasteiger partial charge in [0.25, 0.3) is 5.91 Å². The first-order chi connectivity index (χ1) is 12.9. The highest BCUT2D eigenvalue weighted by Gasteiger charge is 2.39. The summed E-state index contributed by atoms with van der Waals surface area (Å²) in [5, 5.41) is 18.4. The maximum Gasteiger partial charge on any atom is 0.262 e. The summed E-state index contributed by atoms with van der Waals surface area (Å²) in [5.41, 5.74) is 1.78. The normalized spacial score (nSPS) is 22.7. The zero-order valence-electron chi connectivity index (χ0n) is 15.4. The lowest BCUT2D eigenvalue weighted by molar-refractivity contribution is -0.118. The van der Waals surface area contributed by atoms with Crippen molar-refractivity contribution in [1.82, 2.24) is 0 Å². The maximum atomic E-state index is 11.6. The number of rotatable bonds is 4. The molecule has 1 amide bonds. The van der Waals surface area contributed by atoms with Crippen LogP contribution in [0.25, 0.3) is 5.32 Å². The number of benzene rings is 2. The summed E-state index contributed by atoms with van der Waals surface area (Å²) >= 11 is 0. The molecule has 2 atom stereocenters.